The van der Waals surface area contributed by atoms with Gasteiger partial charge in [0.05, 0.1) is 11.4 Å². The molecule has 0 radical (unpaired) electrons. The minimum absolute atomic E-state index is 0.613. The van der Waals surface area contributed by atoms with E-state index < -0.39 is 0 Å². The van der Waals surface area contributed by atoms with Crippen LogP contribution in [0.15, 0.2) is 36.4 Å². The minimum Gasteiger partial charge on any atom is -0.155 e. The van der Waals surface area contributed by atoms with Gasteiger partial charge in [-0.1, -0.05) is 109 Å². The lowest BCUT2D eigenvalue weighted by Gasteiger charge is -2.29. The fraction of sp³-hybridized carbons (Fsp3) is 0.714. The van der Waals surface area contributed by atoms with E-state index in [1.807, 2.05) is 0 Å². The molecule has 2 aromatic rings. The second-order valence-corrected chi connectivity index (χ2v) is 12.5. The summed E-state index contributed by atoms with van der Waals surface area (Å²) in [5.74, 6) is 3.29. The molecule has 0 atom stereocenters. The van der Waals surface area contributed by atoms with Crippen LogP contribution in [-0.2, 0) is 0 Å². The van der Waals surface area contributed by atoms with Gasteiger partial charge in [-0.05, 0) is 86.8 Å². The third-order valence-corrected chi connectivity index (χ3v) is 9.66. The summed E-state index contributed by atoms with van der Waals surface area (Å²) in [6.07, 6.45) is 26.5. The molecule has 0 amide bonds. The largest absolute Gasteiger partial charge is 0.155 e. The first kappa shape index (κ1) is 28.3. The molecule has 2 nitrogen and oxygen atoms in total. The van der Waals surface area contributed by atoms with Gasteiger partial charge in [-0.15, -0.1) is 0 Å². The van der Waals surface area contributed by atoms with Crippen LogP contribution < -0.4 is 0 Å². The first-order valence-corrected chi connectivity index (χ1v) is 16.2. The normalized spacial score (nSPS) is 24.3. The van der Waals surface area contributed by atoms with E-state index in [2.05, 4.69) is 55.3 Å². The standard InChI is InChI=1S/C35H54N2/c1-3-5-7-8-9-11-13-29-14-18-30(19-15-29)31-22-24-33(25-23-31)35-27-26-34(36-37-35)32-20-16-28(17-21-32)12-10-6-4-2/h22-30,32H,3-21H2,1-2H3. The number of benzene rings is 1. The summed E-state index contributed by atoms with van der Waals surface area (Å²) in [4.78, 5) is 0. The summed E-state index contributed by atoms with van der Waals surface area (Å²) in [6, 6.07) is 13.8. The Balaban J connectivity index is 1.19. The summed E-state index contributed by atoms with van der Waals surface area (Å²) in [5, 5.41) is 9.35. The zero-order valence-electron chi connectivity index (χ0n) is 24.1. The van der Waals surface area contributed by atoms with E-state index in [-0.39, 0.29) is 0 Å². The summed E-state index contributed by atoms with van der Waals surface area (Å²) >= 11 is 0. The van der Waals surface area contributed by atoms with Crippen LogP contribution in [0.5, 0.6) is 0 Å². The van der Waals surface area contributed by atoms with Crippen molar-refractivity contribution < 1.29 is 0 Å². The first-order chi connectivity index (χ1) is 18.3. The SMILES string of the molecule is CCCCCCCCC1CCC(c2ccc(-c3ccc(C4CCC(CCCCC)CC4)nn3)cc2)CC1. The lowest BCUT2D eigenvalue weighted by atomic mass is 9.77. The average Bonchev–Trinajstić information content (AvgIpc) is 2.96. The predicted molar refractivity (Wildman–Crippen MR) is 159 cm³/mol. The van der Waals surface area contributed by atoms with Crippen LogP contribution in [-0.4, -0.2) is 10.2 Å². The van der Waals surface area contributed by atoms with Gasteiger partial charge in [0.2, 0.25) is 0 Å². The molecule has 2 fully saturated rings. The molecule has 0 saturated heterocycles. The van der Waals surface area contributed by atoms with Crippen molar-refractivity contribution in [2.24, 2.45) is 11.8 Å². The van der Waals surface area contributed by atoms with Crippen molar-refractivity contribution in [2.75, 3.05) is 0 Å². The summed E-state index contributed by atoms with van der Waals surface area (Å²) in [6.45, 7) is 4.61. The van der Waals surface area contributed by atoms with Crippen molar-refractivity contribution in [3.05, 3.63) is 47.7 Å². The molecule has 2 saturated carbocycles. The highest BCUT2D eigenvalue weighted by Crippen LogP contribution is 2.39. The van der Waals surface area contributed by atoms with E-state index in [4.69, 9.17) is 5.10 Å². The van der Waals surface area contributed by atoms with E-state index in [0.717, 1.165) is 23.4 Å². The number of hydrogen-bond acceptors (Lipinski definition) is 2. The van der Waals surface area contributed by atoms with Crippen LogP contribution in [0.25, 0.3) is 11.3 Å². The van der Waals surface area contributed by atoms with Gasteiger partial charge >= 0.3 is 0 Å². The second-order valence-electron chi connectivity index (χ2n) is 12.5. The maximum atomic E-state index is 4.69. The van der Waals surface area contributed by atoms with Crippen molar-refractivity contribution in [1.29, 1.82) is 0 Å². The van der Waals surface area contributed by atoms with E-state index >= 15 is 0 Å². The number of hydrogen-bond donors (Lipinski definition) is 0. The van der Waals surface area contributed by atoms with Gasteiger partial charge in [-0.2, -0.15) is 10.2 Å². The molecule has 1 aromatic carbocycles. The maximum absolute atomic E-state index is 4.69. The smallest absolute Gasteiger partial charge is 0.0929 e. The van der Waals surface area contributed by atoms with Crippen molar-refractivity contribution in [1.82, 2.24) is 10.2 Å². The molecule has 1 aromatic heterocycles. The molecule has 4 rings (SSSR count). The summed E-state index contributed by atoms with van der Waals surface area (Å²) < 4.78 is 0. The molecule has 0 aliphatic heterocycles. The van der Waals surface area contributed by atoms with Crippen LogP contribution in [0, 0.1) is 11.8 Å². The van der Waals surface area contributed by atoms with E-state index in [0.29, 0.717) is 5.92 Å². The van der Waals surface area contributed by atoms with Crippen LogP contribution in [0.1, 0.15) is 159 Å². The van der Waals surface area contributed by atoms with E-state index in [9.17, 15) is 0 Å². The highest BCUT2D eigenvalue weighted by Gasteiger charge is 2.24. The fourth-order valence-corrected chi connectivity index (χ4v) is 7.07. The Labute approximate surface area is 228 Å². The van der Waals surface area contributed by atoms with Crippen molar-refractivity contribution in [3.8, 4) is 11.3 Å². The second kappa shape index (κ2) is 15.6. The van der Waals surface area contributed by atoms with Crippen LogP contribution in [0.4, 0.5) is 0 Å². The monoisotopic (exact) mass is 502 g/mol. The third kappa shape index (κ3) is 8.93. The van der Waals surface area contributed by atoms with Crippen LogP contribution >= 0.6 is 0 Å². The van der Waals surface area contributed by atoms with Gasteiger partial charge in [-0.25, -0.2) is 0 Å². The minimum atomic E-state index is 0.613. The van der Waals surface area contributed by atoms with Crippen LogP contribution in [0.2, 0.25) is 0 Å². The van der Waals surface area contributed by atoms with E-state index in [1.54, 1.807) is 0 Å². The highest BCUT2D eigenvalue weighted by molar-refractivity contribution is 5.59. The first-order valence-electron chi connectivity index (χ1n) is 16.2. The molecular formula is C35H54N2. The number of unbranched alkanes of at least 4 members (excludes halogenated alkanes) is 7. The molecular weight excluding hydrogens is 448 g/mol. The number of aromatic nitrogens is 2. The average molecular weight is 503 g/mol. The zero-order chi connectivity index (χ0) is 25.7. The molecule has 37 heavy (non-hydrogen) atoms. The molecule has 2 aliphatic rings. The Morgan fingerprint density at radius 3 is 1.68 bits per heavy atom. The maximum Gasteiger partial charge on any atom is 0.0929 e. The number of nitrogens with zero attached hydrogens (tertiary/aromatic N) is 2. The van der Waals surface area contributed by atoms with Crippen molar-refractivity contribution >= 4 is 0 Å². The molecule has 0 bridgehead atoms. The lowest BCUT2D eigenvalue weighted by molar-refractivity contribution is 0.299. The Morgan fingerprint density at radius 1 is 0.541 bits per heavy atom. The molecule has 2 aliphatic carbocycles. The summed E-state index contributed by atoms with van der Waals surface area (Å²) in [5.41, 5.74) is 4.97. The third-order valence-electron chi connectivity index (χ3n) is 9.66. The van der Waals surface area contributed by atoms with Gasteiger partial charge in [0.1, 0.15) is 0 Å². The van der Waals surface area contributed by atoms with Gasteiger partial charge < -0.3 is 0 Å². The molecule has 1 heterocycles. The fourth-order valence-electron chi connectivity index (χ4n) is 7.07. The quantitative estimate of drug-likeness (QED) is 0.240. The van der Waals surface area contributed by atoms with Crippen molar-refractivity contribution in [2.45, 2.75) is 148 Å². The predicted octanol–water partition coefficient (Wildman–Crippen LogP) is 11.0. The van der Waals surface area contributed by atoms with Gasteiger partial charge in [-0.3, -0.25) is 0 Å². The van der Waals surface area contributed by atoms with Gasteiger partial charge in [0.15, 0.2) is 0 Å². The Kier molecular flexibility index (Phi) is 12.0. The Morgan fingerprint density at radius 2 is 1.08 bits per heavy atom. The molecule has 0 N–H and O–H groups in total. The van der Waals surface area contributed by atoms with E-state index in [1.165, 1.54) is 139 Å². The molecule has 0 unspecified atom stereocenters. The Bertz CT molecular complexity index is 855. The topological polar surface area (TPSA) is 25.8 Å². The van der Waals surface area contributed by atoms with Crippen molar-refractivity contribution in [3.63, 3.8) is 0 Å². The van der Waals surface area contributed by atoms with Gasteiger partial charge in [0, 0.05) is 11.5 Å². The lowest BCUT2D eigenvalue weighted by Crippen LogP contribution is -2.14. The molecule has 204 valence electrons. The zero-order valence-corrected chi connectivity index (χ0v) is 24.1. The highest BCUT2D eigenvalue weighted by atomic mass is 15.1. The molecule has 0 spiro atoms. The van der Waals surface area contributed by atoms with Crippen LogP contribution in [0.3, 0.4) is 0 Å². The van der Waals surface area contributed by atoms with Gasteiger partial charge in [0.25, 0.3) is 0 Å². The number of rotatable bonds is 14. The Hall–Kier alpha value is -1.70. The summed E-state index contributed by atoms with van der Waals surface area (Å²) in [7, 11) is 0. The molecule has 2 heteroatoms.